The second kappa shape index (κ2) is 6.53. The molecular formula is C13H16F2N2O3. The van der Waals surface area contributed by atoms with E-state index in [1.165, 1.54) is 25.1 Å². The Hall–Kier alpha value is -1.86. The summed E-state index contributed by atoms with van der Waals surface area (Å²) in [6, 6.07) is 3.75. The van der Waals surface area contributed by atoms with Crippen LogP contribution >= 0.6 is 0 Å². The van der Waals surface area contributed by atoms with Crippen LogP contribution in [-0.4, -0.2) is 22.9 Å². The predicted molar refractivity (Wildman–Crippen MR) is 68.6 cm³/mol. The Bertz CT molecular complexity index is 506. The maximum Gasteiger partial charge on any atom is 0.273 e. The Morgan fingerprint density at radius 3 is 2.55 bits per heavy atom. The summed E-state index contributed by atoms with van der Waals surface area (Å²) >= 11 is 0. The lowest BCUT2D eigenvalue weighted by atomic mass is 10.1. The largest absolute Gasteiger partial charge is 0.324 e. The average Bonchev–Trinajstić information content (AvgIpc) is 2.39. The third kappa shape index (κ3) is 3.82. The fraction of sp³-hybridized carbons (Fsp3) is 0.385. The van der Waals surface area contributed by atoms with Crippen LogP contribution in [0.1, 0.15) is 25.8 Å². The number of amides is 1. The molecular weight excluding hydrogens is 270 g/mol. The molecule has 0 fully saturated rings. The first-order valence-electron chi connectivity index (χ1n) is 6.01. The van der Waals surface area contributed by atoms with Crippen LogP contribution in [0.15, 0.2) is 24.3 Å². The number of halogens is 2. The van der Waals surface area contributed by atoms with E-state index in [4.69, 9.17) is 5.21 Å². The van der Waals surface area contributed by atoms with Crippen molar-refractivity contribution in [1.82, 2.24) is 5.48 Å². The summed E-state index contributed by atoms with van der Waals surface area (Å²) in [4.78, 5) is 22.7. The highest BCUT2D eigenvalue weighted by Gasteiger charge is 2.29. The van der Waals surface area contributed by atoms with Crippen LogP contribution in [0.2, 0.25) is 0 Å². The van der Waals surface area contributed by atoms with Crippen LogP contribution in [0.5, 0.6) is 0 Å². The average molecular weight is 286 g/mol. The summed E-state index contributed by atoms with van der Waals surface area (Å²) in [5.74, 6) is -4.41. The summed E-state index contributed by atoms with van der Waals surface area (Å²) in [6.07, 6.45) is -0.362. The smallest absolute Gasteiger partial charge is 0.273 e. The topological polar surface area (TPSA) is 78.4 Å². The molecule has 1 atom stereocenters. The highest BCUT2D eigenvalue weighted by molar-refractivity contribution is 6.09. The zero-order chi connectivity index (χ0) is 15.3. The monoisotopic (exact) mass is 286 g/mol. The minimum absolute atomic E-state index is 0.127. The van der Waals surface area contributed by atoms with E-state index in [2.05, 4.69) is 5.32 Å². The van der Waals surface area contributed by atoms with E-state index in [0.29, 0.717) is 0 Å². The zero-order valence-corrected chi connectivity index (χ0v) is 11.1. The van der Waals surface area contributed by atoms with Crippen molar-refractivity contribution in [3.8, 4) is 0 Å². The molecule has 0 heterocycles. The fourth-order valence-electron chi connectivity index (χ4n) is 1.58. The maximum atomic E-state index is 13.5. The van der Waals surface area contributed by atoms with Gasteiger partial charge in [-0.25, -0.2) is 8.78 Å². The summed E-state index contributed by atoms with van der Waals surface area (Å²) in [5.41, 5.74) is 1.47. The first kappa shape index (κ1) is 16.2. The number of hydroxylamine groups is 1. The third-order valence-corrected chi connectivity index (χ3v) is 2.79. The van der Waals surface area contributed by atoms with Gasteiger partial charge in [-0.2, -0.15) is 5.48 Å². The fourth-order valence-corrected chi connectivity index (χ4v) is 1.58. The van der Waals surface area contributed by atoms with Crippen LogP contribution < -0.4 is 10.8 Å². The van der Waals surface area contributed by atoms with Crippen LogP contribution in [0, 0.1) is 0 Å². The van der Waals surface area contributed by atoms with Gasteiger partial charge in [-0.15, -0.1) is 0 Å². The van der Waals surface area contributed by atoms with Gasteiger partial charge < -0.3 is 10.5 Å². The number of hydrogen-bond acceptors (Lipinski definition) is 4. The van der Waals surface area contributed by atoms with Crippen molar-refractivity contribution in [3.63, 3.8) is 0 Å². The molecule has 1 aromatic carbocycles. The van der Waals surface area contributed by atoms with Gasteiger partial charge in [-0.1, -0.05) is 19.1 Å². The third-order valence-electron chi connectivity index (χ3n) is 2.79. The summed E-state index contributed by atoms with van der Waals surface area (Å²) < 4.78 is 27.1. The molecule has 0 radical (unpaired) electrons. The number of nitrogens with one attached hydrogen (secondary N) is 2. The van der Waals surface area contributed by atoms with Gasteiger partial charge in [0, 0.05) is 17.7 Å². The zero-order valence-electron chi connectivity index (χ0n) is 11.1. The van der Waals surface area contributed by atoms with Gasteiger partial charge in [-0.3, -0.25) is 9.59 Å². The molecule has 0 aromatic heterocycles. The van der Waals surface area contributed by atoms with Gasteiger partial charge in [0.2, 0.25) is 0 Å². The normalized spacial score (nSPS) is 12.8. The van der Waals surface area contributed by atoms with E-state index >= 15 is 0 Å². The van der Waals surface area contributed by atoms with Gasteiger partial charge in [-0.05, 0) is 19.1 Å². The van der Waals surface area contributed by atoms with Crippen molar-refractivity contribution in [2.75, 3.05) is 5.32 Å². The number of benzene rings is 1. The number of carbonyl (C=O) groups is 2. The molecule has 0 aliphatic carbocycles. The molecule has 5 nitrogen and oxygen atoms in total. The number of anilines is 1. The van der Waals surface area contributed by atoms with E-state index in [0.717, 1.165) is 13.0 Å². The molecule has 0 bridgehead atoms. The lowest BCUT2D eigenvalue weighted by Gasteiger charge is -2.16. The summed E-state index contributed by atoms with van der Waals surface area (Å²) in [7, 11) is 0. The molecule has 0 aliphatic rings. The molecule has 1 rings (SSSR count). The molecule has 1 unspecified atom stereocenters. The van der Waals surface area contributed by atoms with Crippen molar-refractivity contribution in [2.45, 2.75) is 32.2 Å². The SMILES string of the molecule is CCC(F)(F)c1cccc(NC(=O)C(NO)C(C)=O)c1. The molecule has 1 aromatic rings. The van der Waals surface area contributed by atoms with Crippen molar-refractivity contribution in [1.29, 1.82) is 0 Å². The standard InChI is InChI=1S/C13H16F2N2O3/c1-3-13(14,15)9-5-4-6-10(7-9)16-12(19)11(17-20)8(2)18/h4-7,11,17,20H,3H2,1-2H3,(H,16,19). The Balaban J connectivity index is 2.91. The van der Waals surface area contributed by atoms with Gasteiger partial charge in [0.15, 0.2) is 11.8 Å². The van der Waals surface area contributed by atoms with E-state index < -0.39 is 23.7 Å². The number of rotatable bonds is 6. The minimum atomic E-state index is -2.99. The highest BCUT2D eigenvalue weighted by atomic mass is 19.3. The van der Waals surface area contributed by atoms with Gasteiger partial charge in [0.1, 0.15) is 0 Å². The first-order chi connectivity index (χ1) is 9.31. The molecule has 0 saturated carbocycles. The number of carbonyl (C=O) groups excluding carboxylic acids is 2. The van der Waals surface area contributed by atoms with E-state index in [-0.39, 0.29) is 17.7 Å². The maximum absolute atomic E-state index is 13.5. The van der Waals surface area contributed by atoms with Crippen molar-refractivity contribution in [2.24, 2.45) is 0 Å². The Morgan fingerprint density at radius 2 is 2.05 bits per heavy atom. The number of alkyl halides is 2. The highest BCUT2D eigenvalue weighted by Crippen LogP contribution is 2.32. The van der Waals surface area contributed by atoms with Crippen LogP contribution in [0.25, 0.3) is 0 Å². The Morgan fingerprint density at radius 1 is 1.40 bits per heavy atom. The lowest BCUT2D eigenvalue weighted by Crippen LogP contribution is -2.43. The molecule has 3 N–H and O–H groups in total. The minimum Gasteiger partial charge on any atom is -0.324 e. The molecule has 0 aliphatic heterocycles. The van der Waals surface area contributed by atoms with Crippen LogP contribution in [-0.2, 0) is 15.5 Å². The number of hydrogen-bond donors (Lipinski definition) is 3. The summed E-state index contributed by atoms with van der Waals surface area (Å²) in [5, 5.41) is 11.0. The quantitative estimate of drug-likeness (QED) is 0.552. The molecule has 0 spiro atoms. The van der Waals surface area contributed by atoms with E-state index in [1.54, 1.807) is 5.48 Å². The van der Waals surface area contributed by atoms with E-state index in [1.807, 2.05) is 0 Å². The van der Waals surface area contributed by atoms with Crippen molar-refractivity contribution in [3.05, 3.63) is 29.8 Å². The van der Waals surface area contributed by atoms with Crippen LogP contribution in [0.4, 0.5) is 14.5 Å². The second-order valence-electron chi connectivity index (χ2n) is 4.30. The molecule has 1 amide bonds. The Kier molecular flexibility index (Phi) is 5.29. The van der Waals surface area contributed by atoms with Gasteiger partial charge >= 0.3 is 0 Å². The molecule has 110 valence electrons. The number of ketones is 1. The van der Waals surface area contributed by atoms with Crippen molar-refractivity contribution >= 4 is 17.4 Å². The van der Waals surface area contributed by atoms with Crippen LogP contribution in [0.3, 0.4) is 0 Å². The molecule has 20 heavy (non-hydrogen) atoms. The van der Waals surface area contributed by atoms with Gasteiger partial charge in [0.25, 0.3) is 11.8 Å². The Labute approximate surface area is 114 Å². The lowest BCUT2D eigenvalue weighted by molar-refractivity contribution is -0.130. The van der Waals surface area contributed by atoms with Crippen molar-refractivity contribution < 1.29 is 23.6 Å². The van der Waals surface area contributed by atoms with Gasteiger partial charge in [0.05, 0.1) is 0 Å². The summed E-state index contributed by atoms with van der Waals surface area (Å²) in [6.45, 7) is 2.47. The molecule has 7 heteroatoms. The first-order valence-corrected chi connectivity index (χ1v) is 6.01. The molecule has 0 saturated heterocycles. The second-order valence-corrected chi connectivity index (χ2v) is 4.30. The van der Waals surface area contributed by atoms with E-state index in [9.17, 15) is 18.4 Å². The predicted octanol–water partition coefficient (Wildman–Crippen LogP) is 2.06. The number of Topliss-reactive ketones (excluding diaryl/α,β-unsaturated/α-hetero) is 1.